The number of urea groups is 1. The second-order valence-electron chi connectivity index (χ2n) is 5.95. The molecule has 2 amide bonds. The van der Waals surface area contributed by atoms with Gasteiger partial charge in [-0.2, -0.15) is 0 Å². The Hall–Kier alpha value is -3.36. The molecular weight excluding hydrogens is 378 g/mol. The smallest absolute Gasteiger partial charge is 0.323 e. The molecule has 0 aliphatic heterocycles. The van der Waals surface area contributed by atoms with Gasteiger partial charge in [0, 0.05) is 11.4 Å². The Balaban J connectivity index is 1.56. The van der Waals surface area contributed by atoms with Crippen LogP contribution < -0.4 is 20.5 Å². The molecule has 3 aromatic rings. The molecule has 0 bridgehead atoms. The van der Waals surface area contributed by atoms with E-state index in [2.05, 4.69) is 10.6 Å². The maximum atomic E-state index is 12.1. The Labute approximate surface area is 163 Å². The van der Waals surface area contributed by atoms with Gasteiger partial charge in [0.05, 0.1) is 4.90 Å². The first-order valence-corrected chi connectivity index (χ1v) is 9.92. The van der Waals surface area contributed by atoms with Crippen molar-refractivity contribution in [3.8, 4) is 5.75 Å². The summed E-state index contributed by atoms with van der Waals surface area (Å²) in [6.45, 7) is 0.453. The van der Waals surface area contributed by atoms with Crippen molar-refractivity contribution in [2.45, 2.75) is 11.5 Å². The molecule has 3 rings (SSSR count). The highest BCUT2D eigenvalue weighted by atomic mass is 32.2. The number of nitrogens with two attached hydrogens (primary N) is 1. The Morgan fingerprint density at radius 1 is 0.857 bits per heavy atom. The zero-order valence-corrected chi connectivity index (χ0v) is 15.6. The van der Waals surface area contributed by atoms with Crippen LogP contribution in [0.3, 0.4) is 0 Å². The number of hydrogen-bond acceptors (Lipinski definition) is 4. The molecule has 28 heavy (non-hydrogen) atoms. The lowest BCUT2D eigenvalue weighted by atomic mass is 10.2. The second kappa shape index (κ2) is 8.55. The van der Waals surface area contributed by atoms with Gasteiger partial charge in [-0.15, -0.1) is 0 Å². The van der Waals surface area contributed by atoms with Crippen molar-refractivity contribution in [3.05, 3.63) is 84.4 Å². The highest BCUT2D eigenvalue weighted by molar-refractivity contribution is 7.89. The summed E-state index contributed by atoms with van der Waals surface area (Å²) < 4.78 is 28.4. The average Bonchev–Trinajstić information content (AvgIpc) is 2.68. The number of nitrogens with one attached hydrogen (secondary N) is 2. The number of benzene rings is 3. The van der Waals surface area contributed by atoms with Gasteiger partial charge >= 0.3 is 6.03 Å². The van der Waals surface area contributed by atoms with Crippen molar-refractivity contribution in [1.82, 2.24) is 0 Å². The quantitative estimate of drug-likeness (QED) is 0.590. The molecule has 7 nitrogen and oxygen atoms in total. The van der Waals surface area contributed by atoms with Crippen LogP contribution in [0.25, 0.3) is 0 Å². The molecule has 0 atom stereocenters. The van der Waals surface area contributed by atoms with Gasteiger partial charge < -0.3 is 15.4 Å². The van der Waals surface area contributed by atoms with E-state index in [-0.39, 0.29) is 4.90 Å². The summed E-state index contributed by atoms with van der Waals surface area (Å²) in [5.74, 6) is 0.677. The number of carbonyl (C=O) groups excluding carboxylic acids is 1. The van der Waals surface area contributed by atoms with Gasteiger partial charge in [0.2, 0.25) is 10.0 Å². The standard InChI is InChI=1S/C20H19N3O4S/c21-28(25,26)19-8-4-7-17(13-19)23-20(24)22-16-9-11-18(12-10-16)27-14-15-5-2-1-3-6-15/h1-13H,14H2,(H2,21,25,26)(H2,22,23,24). The lowest BCUT2D eigenvalue weighted by Crippen LogP contribution is -2.20. The van der Waals surface area contributed by atoms with Gasteiger partial charge in [-0.1, -0.05) is 36.4 Å². The van der Waals surface area contributed by atoms with Crippen LogP contribution in [0.1, 0.15) is 5.56 Å². The first-order valence-electron chi connectivity index (χ1n) is 8.38. The first-order chi connectivity index (χ1) is 13.4. The van der Waals surface area contributed by atoms with E-state index < -0.39 is 16.1 Å². The van der Waals surface area contributed by atoms with Crippen LogP contribution in [0.5, 0.6) is 5.75 Å². The summed E-state index contributed by atoms with van der Waals surface area (Å²) in [4.78, 5) is 12.0. The van der Waals surface area contributed by atoms with Crippen LogP contribution in [-0.4, -0.2) is 14.4 Å². The lowest BCUT2D eigenvalue weighted by molar-refractivity contribution is 0.262. The minimum Gasteiger partial charge on any atom is -0.489 e. The van der Waals surface area contributed by atoms with E-state index in [1.807, 2.05) is 30.3 Å². The SMILES string of the molecule is NS(=O)(=O)c1cccc(NC(=O)Nc2ccc(OCc3ccccc3)cc2)c1. The topological polar surface area (TPSA) is 111 Å². The molecule has 144 valence electrons. The minimum atomic E-state index is -3.84. The highest BCUT2D eigenvalue weighted by Gasteiger charge is 2.09. The van der Waals surface area contributed by atoms with Gasteiger partial charge in [-0.05, 0) is 48.0 Å². The van der Waals surface area contributed by atoms with Crippen LogP contribution >= 0.6 is 0 Å². The van der Waals surface area contributed by atoms with Crippen LogP contribution in [0, 0.1) is 0 Å². The van der Waals surface area contributed by atoms with E-state index in [0.29, 0.717) is 23.7 Å². The number of primary sulfonamides is 1. The van der Waals surface area contributed by atoms with Crippen LogP contribution in [0.2, 0.25) is 0 Å². The Bertz CT molecular complexity index is 1050. The zero-order valence-electron chi connectivity index (χ0n) is 14.8. The molecule has 8 heteroatoms. The molecule has 0 radical (unpaired) electrons. The van der Waals surface area contributed by atoms with Gasteiger partial charge in [-0.25, -0.2) is 18.4 Å². The molecule has 0 aliphatic carbocycles. The molecule has 4 N–H and O–H groups in total. The van der Waals surface area contributed by atoms with Gasteiger partial charge in [0.15, 0.2) is 0 Å². The third kappa shape index (κ3) is 5.57. The molecule has 0 unspecified atom stereocenters. The first kappa shape index (κ1) is 19.4. The number of anilines is 2. The molecule has 0 fully saturated rings. The molecule has 0 aliphatic rings. The summed E-state index contributed by atoms with van der Waals surface area (Å²) in [6.07, 6.45) is 0. The van der Waals surface area contributed by atoms with E-state index in [1.54, 1.807) is 30.3 Å². The normalized spacial score (nSPS) is 10.9. The van der Waals surface area contributed by atoms with Crippen molar-refractivity contribution >= 4 is 27.4 Å². The summed E-state index contributed by atoms with van der Waals surface area (Å²) in [6, 6.07) is 21.9. The summed E-state index contributed by atoms with van der Waals surface area (Å²) in [7, 11) is -3.84. The summed E-state index contributed by atoms with van der Waals surface area (Å²) in [5.41, 5.74) is 1.94. The van der Waals surface area contributed by atoms with E-state index >= 15 is 0 Å². The van der Waals surface area contributed by atoms with E-state index in [0.717, 1.165) is 5.56 Å². The van der Waals surface area contributed by atoms with Gasteiger partial charge in [0.1, 0.15) is 12.4 Å². The molecule has 0 saturated carbocycles. The monoisotopic (exact) mass is 397 g/mol. The van der Waals surface area contributed by atoms with E-state index in [9.17, 15) is 13.2 Å². The van der Waals surface area contributed by atoms with Crippen molar-refractivity contribution in [3.63, 3.8) is 0 Å². The van der Waals surface area contributed by atoms with Crippen molar-refractivity contribution < 1.29 is 17.9 Å². The van der Waals surface area contributed by atoms with Crippen molar-refractivity contribution in [2.75, 3.05) is 10.6 Å². The molecule has 0 saturated heterocycles. The lowest BCUT2D eigenvalue weighted by Gasteiger charge is -2.10. The van der Waals surface area contributed by atoms with E-state index in [4.69, 9.17) is 9.88 Å². The second-order valence-corrected chi connectivity index (χ2v) is 7.51. The number of ether oxygens (including phenoxy) is 1. The van der Waals surface area contributed by atoms with Crippen LogP contribution in [0.4, 0.5) is 16.2 Å². The number of sulfonamides is 1. The Morgan fingerprint density at radius 2 is 1.54 bits per heavy atom. The van der Waals surface area contributed by atoms with Crippen LogP contribution in [0.15, 0.2) is 83.8 Å². The van der Waals surface area contributed by atoms with Crippen molar-refractivity contribution in [2.24, 2.45) is 5.14 Å². The maximum Gasteiger partial charge on any atom is 0.323 e. The zero-order chi connectivity index (χ0) is 20.0. The Kier molecular flexibility index (Phi) is 5.93. The van der Waals surface area contributed by atoms with Crippen molar-refractivity contribution in [1.29, 1.82) is 0 Å². The van der Waals surface area contributed by atoms with Gasteiger partial charge in [0.25, 0.3) is 0 Å². The number of rotatable bonds is 6. The third-order valence-electron chi connectivity index (χ3n) is 3.78. The highest BCUT2D eigenvalue weighted by Crippen LogP contribution is 2.18. The van der Waals surface area contributed by atoms with Gasteiger partial charge in [-0.3, -0.25) is 0 Å². The fourth-order valence-corrected chi connectivity index (χ4v) is 2.98. The van der Waals surface area contributed by atoms with E-state index in [1.165, 1.54) is 18.2 Å². The molecule has 0 aromatic heterocycles. The molecular formula is C20H19N3O4S. The number of hydrogen-bond donors (Lipinski definition) is 3. The molecule has 3 aromatic carbocycles. The fourth-order valence-electron chi connectivity index (χ4n) is 2.42. The predicted octanol–water partition coefficient (Wildman–Crippen LogP) is 3.56. The maximum absolute atomic E-state index is 12.1. The van der Waals surface area contributed by atoms with Crippen LogP contribution in [-0.2, 0) is 16.6 Å². The average molecular weight is 397 g/mol. The largest absolute Gasteiger partial charge is 0.489 e. The number of carbonyl (C=O) groups is 1. The Morgan fingerprint density at radius 3 is 2.21 bits per heavy atom. The number of amides is 2. The minimum absolute atomic E-state index is 0.0785. The summed E-state index contributed by atoms with van der Waals surface area (Å²) >= 11 is 0. The molecule has 0 spiro atoms. The third-order valence-corrected chi connectivity index (χ3v) is 4.69. The summed E-state index contributed by atoms with van der Waals surface area (Å²) in [5, 5.41) is 10.3. The molecule has 0 heterocycles. The predicted molar refractivity (Wildman–Crippen MR) is 108 cm³/mol. The fraction of sp³-hybridized carbons (Fsp3) is 0.0500.